The van der Waals surface area contributed by atoms with Crippen molar-refractivity contribution in [3.63, 3.8) is 0 Å². The molecule has 3 aliphatic rings. The normalized spacial score (nSPS) is 16.5. The molecule has 0 radical (unpaired) electrons. The molecule has 0 spiro atoms. The van der Waals surface area contributed by atoms with E-state index >= 15 is 0 Å². The van der Waals surface area contributed by atoms with E-state index in [0.29, 0.717) is 0 Å². The Bertz CT molecular complexity index is 3060. The number of anilines is 6. The number of rotatable bonds is 3. The molecule has 0 saturated heterocycles. The summed E-state index contributed by atoms with van der Waals surface area (Å²) in [5.41, 5.74) is 21.5. The van der Waals surface area contributed by atoms with Crippen LogP contribution in [0.15, 0.2) is 115 Å². The molecule has 3 heterocycles. The van der Waals surface area contributed by atoms with Gasteiger partial charge in [-0.05, 0) is 155 Å². The van der Waals surface area contributed by atoms with Gasteiger partial charge in [-0.1, -0.05) is 178 Å². The van der Waals surface area contributed by atoms with E-state index in [2.05, 4.69) is 236 Å². The zero-order valence-corrected chi connectivity index (χ0v) is 43.6. The van der Waals surface area contributed by atoms with Crippen LogP contribution in [0, 0.1) is 0 Å². The molecule has 7 aromatic rings. The maximum absolute atomic E-state index is 2.72. The summed E-state index contributed by atoms with van der Waals surface area (Å²) in [6, 6.07) is 45.9. The van der Waals surface area contributed by atoms with Crippen LogP contribution >= 0.6 is 11.3 Å². The van der Waals surface area contributed by atoms with Crippen molar-refractivity contribution < 1.29 is 0 Å². The minimum atomic E-state index is -0.114. The quantitative estimate of drug-likeness (QED) is 0.163. The van der Waals surface area contributed by atoms with E-state index in [-0.39, 0.29) is 39.2 Å². The molecule has 6 aromatic carbocycles. The van der Waals surface area contributed by atoms with E-state index in [1.165, 1.54) is 111 Å². The summed E-state index contributed by atoms with van der Waals surface area (Å²) in [6.45, 7) is 38.2. The van der Waals surface area contributed by atoms with E-state index in [4.69, 9.17) is 0 Å². The van der Waals surface area contributed by atoms with Crippen LogP contribution in [0.5, 0.6) is 0 Å². The minimum Gasteiger partial charge on any atom is -0.311 e. The van der Waals surface area contributed by atoms with E-state index in [1.807, 2.05) is 11.3 Å². The van der Waals surface area contributed by atoms with Crippen molar-refractivity contribution in [2.75, 3.05) is 9.80 Å². The van der Waals surface area contributed by atoms with Crippen molar-refractivity contribution in [1.29, 1.82) is 0 Å². The highest BCUT2D eigenvalue weighted by atomic mass is 32.1. The van der Waals surface area contributed by atoms with Crippen LogP contribution in [0.1, 0.15) is 157 Å². The van der Waals surface area contributed by atoms with Crippen molar-refractivity contribution in [2.45, 2.75) is 156 Å². The summed E-state index contributed by atoms with van der Waals surface area (Å²) in [5.74, 6) is 0. The van der Waals surface area contributed by atoms with Crippen LogP contribution in [0.4, 0.5) is 33.4 Å². The Hall–Kier alpha value is -5.06. The molecule has 0 amide bonds. The smallest absolute Gasteiger partial charge is 0.254 e. The molecule has 2 aliphatic heterocycles. The predicted octanol–water partition coefficient (Wildman–Crippen LogP) is 16.2. The van der Waals surface area contributed by atoms with Gasteiger partial charge >= 0.3 is 0 Å². The van der Waals surface area contributed by atoms with Gasteiger partial charge in [0.25, 0.3) is 6.71 Å². The minimum absolute atomic E-state index is 0.00777. The zero-order valence-electron chi connectivity index (χ0n) is 42.8. The molecule has 338 valence electrons. The summed E-state index contributed by atoms with van der Waals surface area (Å²) in [6.07, 6.45) is 2.33. The first-order valence-electron chi connectivity index (χ1n) is 24.6. The van der Waals surface area contributed by atoms with Gasteiger partial charge < -0.3 is 9.80 Å². The number of thiophene rings is 1. The standard InChI is InChI=1S/C62H71BN2S/c1-57(2,3)39-22-26-43(27-23-39)64-51-34-42(60(10,11)12)35-52-55(51)63(54-45-33-41(59(7,8)9)25-29-53(45)66-56(54)64)48-36-46-47(62(15,16)31-30-61(46,13)14)37-50(48)65(52)49-28-24-40(58(4,5)6)32-44(49)38-20-18-17-19-21-38/h17-29,32-37H,30-31H2,1-16H3. The van der Waals surface area contributed by atoms with Crippen molar-refractivity contribution in [3.8, 4) is 11.1 Å². The summed E-state index contributed by atoms with van der Waals surface area (Å²) >= 11 is 1.97. The van der Waals surface area contributed by atoms with Gasteiger partial charge in [0.15, 0.2) is 0 Å². The average molecular weight is 887 g/mol. The van der Waals surface area contributed by atoms with Gasteiger partial charge in [-0.3, -0.25) is 0 Å². The molecule has 1 aromatic heterocycles. The third kappa shape index (κ3) is 7.19. The van der Waals surface area contributed by atoms with Gasteiger partial charge in [-0.2, -0.15) is 0 Å². The molecule has 1 aliphatic carbocycles. The lowest BCUT2D eigenvalue weighted by molar-refractivity contribution is 0.332. The topological polar surface area (TPSA) is 6.48 Å². The first-order valence-corrected chi connectivity index (χ1v) is 25.4. The SMILES string of the molecule is CC(C)(C)c1ccc(N2c3cc(C(C)(C)C)cc4c3B(c3cc5c(cc3N4c3ccc(C(C)(C)C)cc3-c3ccccc3)C(C)(C)CCC5(C)C)c3c2sc2ccc(C(C)(C)C)cc32)cc1. The summed E-state index contributed by atoms with van der Waals surface area (Å²) in [7, 11) is 0. The summed E-state index contributed by atoms with van der Waals surface area (Å²) in [5, 5.41) is 2.72. The number of hydrogen-bond donors (Lipinski definition) is 0. The highest BCUT2D eigenvalue weighted by Crippen LogP contribution is 2.54. The fourth-order valence-electron chi connectivity index (χ4n) is 11.1. The van der Waals surface area contributed by atoms with Crippen LogP contribution in [0.2, 0.25) is 0 Å². The molecule has 4 heteroatoms. The largest absolute Gasteiger partial charge is 0.311 e. The molecular weight excluding hydrogens is 816 g/mol. The summed E-state index contributed by atoms with van der Waals surface area (Å²) in [4.78, 5) is 5.37. The Morgan fingerprint density at radius 1 is 0.470 bits per heavy atom. The Labute approximate surface area is 401 Å². The van der Waals surface area contributed by atoms with Gasteiger partial charge in [0.1, 0.15) is 0 Å². The van der Waals surface area contributed by atoms with E-state index < -0.39 is 0 Å². The molecule has 0 saturated carbocycles. The van der Waals surface area contributed by atoms with Gasteiger partial charge in [0.05, 0.1) is 10.7 Å². The lowest BCUT2D eigenvalue weighted by Crippen LogP contribution is -2.61. The van der Waals surface area contributed by atoms with Crippen molar-refractivity contribution in [3.05, 3.63) is 149 Å². The molecular formula is C62H71BN2S. The first kappa shape index (κ1) is 44.8. The monoisotopic (exact) mass is 887 g/mol. The van der Waals surface area contributed by atoms with E-state index in [9.17, 15) is 0 Å². The van der Waals surface area contributed by atoms with Crippen molar-refractivity contribution in [1.82, 2.24) is 0 Å². The third-order valence-corrected chi connectivity index (χ3v) is 16.7. The van der Waals surface area contributed by atoms with Crippen LogP contribution in [-0.2, 0) is 32.5 Å². The van der Waals surface area contributed by atoms with Crippen LogP contribution < -0.4 is 26.2 Å². The fourth-order valence-corrected chi connectivity index (χ4v) is 12.4. The van der Waals surface area contributed by atoms with Gasteiger partial charge in [-0.25, -0.2) is 0 Å². The maximum atomic E-state index is 2.72. The number of fused-ring (bicyclic) bond motifs is 7. The molecule has 0 fully saturated rings. The van der Waals surface area contributed by atoms with Crippen molar-refractivity contribution in [2.24, 2.45) is 0 Å². The second-order valence-electron chi connectivity index (χ2n) is 25.4. The molecule has 0 bridgehead atoms. The van der Waals surface area contributed by atoms with Gasteiger partial charge in [0.2, 0.25) is 0 Å². The second kappa shape index (κ2) is 14.7. The Morgan fingerprint density at radius 2 is 1.00 bits per heavy atom. The average Bonchev–Trinajstić information content (AvgIpc) is 3.62. The van der Waals surface area contributed by atoms with Crippen LogP contribution in [0.25, 0.3) is 21.2 Å². The first-order chi connectivity index (χ1) is 30.7. The second-order valence-corrected chi connectivity index (χ2v) is 26.5. The molecule has 10 rings (SSSR count). The fraction of sp³-hybridized carbons (Fsp3) is 0.387. The van der Waals surface area contributed by atoms with Crippen LogP contribution in [-0.4, -0.2) is 6.71 Å². The molecule has 0 unspecified atom stereocenters. The molecule has 66 heavy (non-hydrogen) atoms. The number of nitrogens with zero attached hydrogens (tertiary/aromatic N) is 2. The lowest BCUT2D eigenvalue weighted by Gasteiger charge is -2.47. The number of benzene rings is 6. The van der Waals surface area contributed by atoms with E-state index in [0.717, 1.165) is 6.42 Å². The van der Waals surface area contributed by atoms with Gasteiger partial charge in [0, 0.05) is 33.0 Å². The molecule has 2 nitrogen and oxygen atoms in total. The lowest BCUT2D eigenvalue weighted by atomic mass is 9.33. The Morgan fingerprint density at radius 3 is 1.59 bits per heavy atom. The Balaban J connectivity index is 1.40. The Kier molecular flexibility index (Phi) is 9.98. The maximum Gasteiger partial charge on any atom is 0.254 e. The predicted molar refractivity (Wildman–Crippen MR) is 291 cm³/mol. The van der Waals surface area contributed by atoms with Crippen LogP contribution in [0.3, 0.4) is 0 Å². The summed E-state index contributed by atoms with van der Waals surface area (Å²) < 4.78 is 1.35. The highest BCUT2D eigenvalue weighted by molar-refractivity contribution is 7.26. The number of hydrogen-bond acceptors (Lipinski definition) is 3. The van der Waals surface area contributed by atoms with E-state index in [1.54, 1.807) is 0 Å². The zero-order chi connectivity index (χ0) is 47.3. The molecule has 0 atom stereocenters. The van der Waals surface area contributed by atoms with Crippen molar-refractivity contribution >= 4 is 78.0 Å². The van der Waals surface area contributed by atoms with Gasteiger partial charge in [-0.15, -0.1) is 11.3 Å². The molecule has 0 N–H and O–H groups in total. The third-order valence-electron chi connectivity index (χ3n) is 15.6. The highest BCUT2D eigenvalue weighted by Gasteiger charge is 2.48.